The Morgan fingerprint density at radius 1 is 1.48 bits per heavy atom. The van der Waals surface area contributed by atoms with E-state index in [0.717, 1.165) is 6.42 Å². The number of hydrogen-bond donors (Lipinski definition) is 1. The van der Waals surface area contributed by atoms with Gasteiger partial charge in [-0.1, -0.05) is 23.7 Å². The summed E-state index contributed by atoms with van der Waals surface area (Å²) in [6.45, 7) is 1.97. The van der Waals surface area contributed by atoms with E-state index in [4.69, 9.17) is 21.8 Å². The number of carbonyl (C=O) groups is 1. The summed E-state index contributed by atoms with van der Waals surface area (Å²) < 4.78 is 5.40. The number of halogens is 1. The molecule has 1 aliphatic rings. The number of oxazole rings is 1. The molecule has 1 aliphatic heterocycles. The molecule has 1 aromatic carbocycles. The van der Waals surface area contributed by atoms with Gasteiger partial charge in [-0.25, -0.2) is 4.98 Å². The van der Waals surface area contributed by atoms with Gasteiger partial charge >= 0.3 is 0 Å². The van der Waals surface area contributed by atoms with Gasteiger partial charge in [0.1, 0.15) is 0 Å². The molecule has 21 heavy (non-hydrogen) atoms. The maximum Gasteiger partial charge on any atom is 0.276 e. The van der Waals surface area contributed by atoms with Crippen molar-refractivity contribution in [3.8, 4) is 11.3 Å². The van der Waals surface area contributed by atoms with Crippen molar-refractivity contribution in [3.63, 3.8) is 0 Å². The highest BCUT2D eigenvalue weighted by atomic mass is 35.5. The van der Waals surface area contributed by atoms with E-state index >= 15 is 0 Å². The zero-order valence-corrected chi connectivity index (χ0v) is 12.2. The average Bonchev–Trinajstić information content (AvgIpc) is 3.16. The molecule has 0 aliphatic carbocycles. The van der Waals surface area contributed by atoms with Crippen molar-refractivity contribution in [2.75, 3.05) is 19.6 Å². The number of nitrogens with zero attached hydrogens (tertiary/aromatic N) is 2. The predicted molar refractivity (Wildman–Crippen MR) is 80.0 cm³/mol. The Bertz CT molecular complexity index is 656. The second kappa shape index (κ2) is 5.87. The average molecular weight is 306 g/mol. The van der Waals surface area contributed by atoms with Crippen LogP contribution >= 0.6 is 11.6 Å². The SMILES string of the molecule is NC[C@@H]1CCN(C(=O)c2ncoc2-c2ccccc2Cl)C1. The molecule has 6 heteroatoms. The van der Waals surface area contributed by atoms with Gasteiger partial charge in [0.15, 0.2) is 17.8 Å². The molecule has 1 fully saturated rings. The highest BCUT2D eigenvalue weighted by Crippen LogP contribution is 2.31. The van der Waals surface area contributed by atoms with Crippen LogP contribution in [0.1, 0.15) is 16.9 Å². The number of nitrogens with two attached hydrogens (primary N) is 1. The molecule has 5 nitrogen and oxygen atoms in total. The zero-order valence-electron chi connectivity index (χ0n) is 11.5. The number of hydrogen-bond acceptors (Lipinski definition) is 4. The first-order chi connectivity index (χ1) is 10.2. The lowest BCUT2D eigenvalue weighted by atomic mass is 10.1. The summed E-state index contributed by atoms with van der Waals surface area (Å²) in [5.41, 5.74) is 6.65. The first-order valence-electron chi connectivity index (χ1n) is 6.88. The fourth-order valence-corrected chi connectivity index (χ4v) is 2.82. The van der Waals surface area contributed by atoms with E-state index in [1.807, 2.05) is 18.2 Å². The van der Waals surface area contributed by atoms with Crippen LogP contribution in [0.5, 0.6) is 0 Å². The quantitative estimate of drug-likeness (QED) is 0.945. The van der Waals surface area contributed by atoms with Crippen molar-refractivity contribution in [2.24, 2.45) is 11.7 Å². The molecule has 2 N–H and O–H groups in total. The molecule has 0 bridgehead atoms. The van der Waals surface area contributed by atoms with E-state index in [1.165, 1.54) is 6.39 Å². The summed E-state index contributed by atoms with van der Waals surface area (Å²) in [5.74, 6) is 0.654. The van der Waals surface area contributed by atoms with Gasteiger partial charge < -0.3 is 15.1 Å². The minimum Gasteiger partial charge on any atom is -0.443 e. The Hall–Kier alpha value is -1.85. The summed E-state index contributed by atoms with van der Waals surface area (Å²) in [5, 5.41) is 0.532. The van der Waals surface area contributed by atoms with Crippen molar-refractivity contribution in [1.82, 2.24) is 9.88 Å². The smallest absolute Gasteiger partial charge is 0.276 e. The third kappa shape index (κ3) is 2.66. The highest BCUT2D eigenvalue weighted by Gasteiger charge is 2.30. The number of amides is 1. The largest absolute Gasteiger partial charge is 0.443 e. The topological polar surface area (TPSA) is 72.4 Å². The molecular weight excluding hydrogens is 290 g/mol. The molecule has 0 unspecified atom stereocenters. The van der Waals surface area contributed by atoms with Crippen LogP contribution in [0.3, 0.4) is 0 Å². The molecule has 1 atom stereocenters. The molecule has 1 saturated heterocycles. The van der Waals surface area contributed by atoms with E-state index in [1.54, 1.807) is 11.0 Å². The number of aromatic nitrogens is 1. The number of benzene rings is 1. The standard InChI is InChI=1S/C15H16ClN3O2/c16-12-4-2-1-3-11(12)14-13(18-9-21-14)15(20)19-6-5-10(7-17)8-19/h1-4,9-10H,5-8,17H2/t10-/m0/s1. The van der Waals surface area contributed by atoms with Crippen LogP contribution in [0, 0.1) is 5.92 Å². The third-order valence-electron chi connectivity index (χ3n) is 3.79. The highest BCUT2D eigenvalue weighted by molar-refractivity contribution is 6.33. The van der Waals surface area contributed by atoms with Gasteiger partial charge in [0, 0.05) is 18.7 Å². The molecule has 0 radical (unpaired) electrons. The van der Waals surface area contributed by atoms with Gasteiger partial charge in [-0.15, -0.1) is 0 Å². The van der Waals surface area contributed by atoms with Gasteiger partial charge in [0.05, 0.1) is 5.02 Å². The van der Waals surface area contributed by atoms with Crippen molar-refractivity contribution in [1.29, 1.82) is 0 Å². The second-order valence-corrected chi connectivity index (χ2v) is 5.56. The Morgan fingerprint density at radius 2 is 2.29 bits per heavy atom. The summed E-state index contributed by atoms with van der Waals surface area (Å²) >= 11 is 6.17. The second-order valence-electron chi connectivity index (χ2n) is 5.15. The lowest BCUT2D eigenvalue weighted by Crippen LogP contribution is -2.30. The normalized spacial score (nSPS) is 18.2. The summed E-state index contributed by atoms with van der Waals surface area (Å²) in [4.78, 5) is 18.4. The summed E-state index contributed by atoms with van der Waals surface area (Å²) in [7, 11) is 0. The lowest BCUT2D eigenvalue weighted by molar-refractivity contribution is 0.0783. The Labute approximate surface area is 127 Å². The maximum absolute atomic E-state index is 12.6. The molecular formula is C15H16ClN3O2. The van der Waals surface area contributed by atoms with Gasteiger partial charge in [-0.05, 0) is 31.0 Å². The fourth-order valence-electron chi connectivity index (χ4n) is 2.59. The summed E-state index contributed by atoms with van der Waals surface area (Å²) in [6.07, 6.45) is 2.21. The van der Waals surface area contributed by atoms with Crippen LogP contribution in [0.2, 0.25) is 5.02 Å². The van der Waals surface area contributed by atoms with Crippen LogP contribution < -0.4 is 5.73 Å². The molecule has 2 heterocycles. The van der Waals surface area contributed by atoms with Crippen molar-refractivity contribution >= 4 is 17.5 Å². The van der Waals surface area contributed by atoms with E-state index in [9.17, 15) is 4.79 Å². The van der Waals surface area contributed by atoms with E-state index < -0.39 is 0 Å². The molecule has 2 aromatic rings. The fraction of sp³-hybridized carbons (Fsp3) is 0.333. The molecule has 0 spiro atoms. The van der Waals surface area contributed by atoms with Gasteiger partial charge in [-0.2, -0.15) is 0 Å². The van der Waals surface area contributed by atoms with Crippen LogP contribution in [0.25, 0.3) is 11.3 Å². The molecule has 110 valence electrons. The van der Waals surface area contributed by atoms with Crippen LogP contribution in [-0.4, -0.2) is 35.4 Å². The molecule has 0 saturated carbocycles. The lowest BCUT2D eigenvalue weighted by Gasteiger charge is -2.15. The number of likely N-dealkylation sites (tertiary alicyclic amines) is 1. The van der Waals surface area contributed by atoms with Gasteiger partial charge in [-0.3, -0.25) is 4.79 Å². The molecule has 1 aromatic heterocycles. The van der Waals surface area contributed by atoms with Crippen LogP contribution in [0.4, 0.5) is 0 Å². The van der Waals surface area contributed by atoms with Crippen LogP contribution in [0.15, 0.2) is 35.1 Å². The van der Waals surface area contributed by atoms with Crippen LogP contribution in [-0.2, 0) is 0 Å². The zero-order chi connectivity index (χ0) is 14.8. The third-order valence-corrected chi connectivity index (χ3v) is 4.12. The van der Waals surface area contributed by atoms with Crippen molar-refractivity contribution in [2.45, 2.75) is 6.42 Å². The van der Waals surface area contributed by atoms with E-state index in [2.05, 4.69) is 4.98 Å². The summed E-state index contributed by atoms with van der Waals surface area (Å²) in [6, 6.07) is 7.24. The monoisotopic (exact) mass is 305 g/mol. The first kappa shape index (κ1) is 14.1. The van der Waals surface area contributed by atoms with Gasteiger partial charge in [0.25, 0.3) is 5.91 Å². The number of rotatable bonds is 3. The van der Waals surface area contributed by atoms with E-state index in [-0.39, 0.29) is 5.91 Å². The van der Waals surface area contributed by atoms with E-state index in [0.29, 0.717) is 47.6 Å². The van der Waals surface area contributed by atoms with Crippen molar-refractivity contribution < 1.29 is 9.21 Å². The predicted octanol–water partition coefficient (Wildman–Crippen LogP) is 2.42. The van der Waals surface area contributed by atoms with Crippen molar-refractivity contribution in [3.05, 3.63) is 41.4 Å². The minimum absolute atomic E-state index is 0.130. The number of carbonyl (C=O) groups excluding carboxylic acids is 1. The first-order valence-corrected chi connectivity index (χ1v) is 7.26. The Kier molecular flexibility index (Phi) is 3.94. The Balaban J connectivity index is 1.89. The molecule has 1 amide bonds. The Morgan fingerprint density at radius 3 is 3.00 bits per heavy atom. The minimum atomic E-state index is -0.130. The van der Waals surface area contributed by atoms with Gasteiger partial charge in [0.2, 0.25) is 0 Å². The maximum atomic E-state index is 12.6. The molecule has 3 rings (SSSR count).